The third kappa shape index (κ3) is 2.68. The molecule has 1 fully saturated rings. The molecule has 0 aromatic heterocycles. The van der Waals surface area contributed by atoms with Gasteiger partial charge in [-0.15, -0.1) is 0 Å². The van der Waals surface area contributed by atoms with Gasteiger partial charge in [0.15, 0.2) is 0 Å². The van der Waals surface area contributed by atoms with Gasteiger partial charge in [0, 0.05) is 26.7 Å². The lowest BCUT2D eigenvalue weighted by molar-refractivity contribution is -0.122. The van der Waals surface area contributed by atoms with Crippen molar-refractivity contribution in [3.8, 4) is 6.07 Å². The van der Waals surface area contributed by atoms with Crippen molar-refractivity contribution in [2.75, 3.05) is 33.2 Å². The van der Waals surface area contributed by atoms with Crippen LogP contribution >= 0.6 is 0 Å². The summed E-state index contributed by atoms with van der Waals surface area (Å²) >= 11 is 0. The van der Waals surface area contributed by atoms with E-state index in [9.17, 15) is 4.79 Å². The summed E-state index contributed by atoms with van der Waals surface area (Å²) in [5, 5.41) is 14.4. The van der Waals surface area contributed by atoms with Crippen molar-refractivity contribution in [1.82, 2.24) is 15.5 Å². The fourth-order valence-corrected chi connectivity index (χ4v) is 1.33. The number of nitrogens with one attached hydrogen (secondary N) is 2. The molecule has 1 amide bonds. The van der Waals surface area contributed by atoms with E-state index in [-0.39, 0.29) is 11.9 Å². The van der Waals surface area contributed by atoms with Crippen LogP contribution in [0.4, 0.5) is 0 Å². The quantitative estimate of drug-likeness (QED) is 0.547. The van der Waals surface area contributed by atoms with Crippen LogP contribution in [0, 0.1) is 11.3 Å². The lowest BCUT2D eigenvalue weighted by Gasteiger charge is -2.30. The molecular weight excluding hydrogens is 168 g/mol. The van der Waals surface area contributed by atoms with Crippen molar-refractivity contribution in [3.05, 3.63) is 0 Å². The summed E-state index contributed by atoms with van der Waals surface area (Å²) in [6.07, 6.45) is 0. The normalized spacial score (nSPS) is 23.5. The van der Waals surface area contributed by atoms with Crippen molar-refractivity contribution in [1.29, 1.82) is 5.26 Å². The van der Waals surface area contributed by atoms with Crippen LogP contribution < -0.4 is 10.6 Å². The Morgan fingerprint density at radius 1 is 1.85 bits per heavy atom. The van der Waals surface area contributed by atoms with Crippen molar-refractivity contribution in [2.24, 2.45) is 0 Å². The van der Waals surface area contributed by atoms with Gasteiger partial charge in [-0.25, -0.2) is 0 Å². The number of piperazine rings is 1. The number of rotatable bonds is 2. The van der Waals surface area contributed by atoms with Gasteiger partial charge in [-0.3, -0.25) is 9.69 Å². The van der Waals surface area contributed by atoms with Crippen LogP contribution in [-0.4, -0.2) is 50.1 Å². The Kier molecular flexibility index (Phi) is 3.68. The first kappa shape index (κ1) is 9.96. The zero-order valence-corrected chi connectivity index (χ0v) is 7.71. The molecule has 5 nitrogen and oxygen atoms in total. The number of nitrogens with zero attached hydrogens (tertiary/aromatic N) is 2. The highest BCUT2D eigenvalue weighted by Crippen LogP contribution is 2.00. The van der Waals surface area contributed by atoms with Crippen molar-refractivity contribution >= 4 is 5.91 Å². The van der Waals surface area contributed by atoms with E-state index in [4.69, 9.17) is 5.26 Å². The molecule has 1 atom stereocenters. The molecule has 72 valence electrons. The Morgan fingerprint density at radius 2 is 2.62 bits per heavy atom. The van der Waals surface area contributed by atoms with Crippen LogP contribution in [-0.2, 0) is 4.79 Å². The van der Waals surface area contributed by atoms with Gasteiger partial charge in [-0.1, -0.05) is 0 Å². The minimum Gasteiger partial charge on any atom is -0.358 e. The highest BCUT2D eigenvalue weighted by atomic mass is 16.1. The number of hydrogen-bond acceptors (Lipinski definition) is 4. The Balaban J connectivity index is 2.46. The van der Waals surface area contributed by atoms with Gasteiger partial charge in [0.05, 0.1) is 12.6 Å². The second kappa shape index (κ2) is 4.80. The number of carbonyl (C=O) groups is 1. The number of nitriles is 1. The molecule has 1 heterocycles. The molecule has 0 bridgehead atoms. The fraction of sp³-hybridized carbons (Fsp3) is 0.750. The second-order valence-electron chi connectivity index (χ2n) is 2.99. The second-order valence-corrected chi connectivity index (χ2v) is 2.99. The van der Waals surface area contributed by atoms with Crippen molar-refractivity contribution < 1.29 is 4.79 Å². The smallest absolute Gasteiger partial charge is 0.233 e. The third-order valence-corrected chi connectivity index (χ3v) is 2.13. The number of amides is 1. The maximum atomic E-state index is 11.1. The molecule has 0 spiro atoms. The first-order chi connectivity index (χ1) is 6.27. The van der Waals surface area contributed by atoms with Crippen LogP contribution in [0.5, 0.6) is 0 Å². The molecule has 1 aliphatic rings. The zero-order chi connectivity index (χ0) is 9.68. The summed E-state index contributed by atoms with van der Waals surface area (Å²) < 4.78 is 0. The van der Waals surface area contributed by atoms with E-state index in [2.05, 4.69) is 16.7 Å². The average Bonchev–Trinajstić information content (AvgIpc) is 2.18. The van der Waals surface area contributed by atoms with E-state index in [1.54, 1.807) is 7.05 Å². The summed E-state index contributed by atoms with van der Waals surface area (Å²) in [5.74, 6) is -0.0397. The monoisotopic (exact) mass is 182 g/mol. The summed E-state index contributed by atoms with van der Waals surface area (Å²) in [4.78, 5) is 12.9. The van der Waals surface area contributed by atoms with Crippen LogP contribution in [0.25, 0.3) is 0 Å². The minimum absolute atomic E-state index is 0.0397. The highest BCUT2D eigenvalue weighted by Gasteiger charge is 2.22. The van der Waals surface area contributed by atoms with E-state index in [1.165, 1.54) is 0 Å². The number of likely N-dealkylation sites (N-methyl/N-ethyl adjacent to an activating group) is 1. The fourth-order valence-electron chi connectivity index (χ4n) is 1.33. The molecular formula is C8H14N4O. The first-order valence-electron chi connectivity index (χ1n) is 4.33. The Labute approximate surface area is 77.7 Å². The van der Waals surface area contributed by atoms with Gasteiger partial charge < -0.3 is 10.6 Å². The van der Waals surface area contributed by atoms with Gasteiger partial charge in [0.2, 0.25) is 5.91 Å². The van der Waals surface area contributed by atoms with Crippen LogP contribution in [0.2, 0.25) is 0 Å². The van der Waals surface area contributed by atoms with Crippen molar-refractivity contribution in [3.63, 3.8) is 0 Å². The summed E-state index contributed by atoms with van der Waals surface area (Å²) in [6.45, 7) is 2.56. The minimum atomic E-state index is -0.175. The largest absolute Gasteiger partial charge is 0.358 e. The molecule has 2 N–H and O–H groups in total. The molecule has 1 unspecified atom stereocenters. The van der Waals surface area contributed by atoms with Crippen LogP contribution in [0.15, 0.2) is 0 Å². The first-order valence-corrected chi connectivity index (χ1v) is 4.33. The van der Waals surface area contributed by atoms with Crippen LogP contribution in [0.1, 0.15) is 0 Å². The Morgan fingerprint density at radius 3 is 3.23 bits per heavy atom. The molecule has 1 rings (SSSR count). The SMILES string of the molecule is CNC(=O)CN1CCNCC1C#N. The number of carbonyl (C=O) groups excluding carboxylic acids is 1. The molecule has 1 aliphatic heterocycles. The van der Waals surface area contributed by atoms with Gasteiger partial charge in [-0.05, 0) is 0 Å². The van der Waals surface area contributed by atoms with Gasteiger partial charge >= 0.3 is 0 Å². The molecule has 1 saturated heterocycles. The van der Waals surface area contributed by atoms with Gasteiger partial charge in [0.25, 0.3) is 0 Å². The number of hydrogen-bond donors (Lipinski definition) is 2. The van der Waals surface area contributed by atoms with E-state index >= 15 is 0 Å². The maximum absolute atomic E-state index is 11.1. The topological polar surface area (TPSA) is 68.2 Å². The molecule has 0 radical (unpaired) electrons. The lowest BCUT2D eigenvalue weighted by atomic mass is 10.2. The summed E-state index contributed by atoms with van der Waals surface area (Å²) in [5.41, 5.74) is 0. The zero-order valence-electron chi connectivity index (χ0n) is 7.71. The molecule has 5 heteroatoms. The van der Waals surface area contributed by atoms with E-state index in [0.717, 1.165) is 13.1 Å². The summed E-state index contributed by atoms with van der Waals surface area (Å²) in [6, 6.07) is 1.99. The van der Waals surface area contributed by atoms with Gasteiger partial charge in [0.1, 0.15) is 6.04 Å². The molecule has 0 aliphatic carbocycles. The molecule has 0 aromatic rings. The molecule has 0 saturated carbocycles. The highest BCUT2D eigenvalue weighted by molar-refractivity contribution is 5.77. The lowest BCUT2D eigenvalue weighted by Crippen LogP contribution is -2.53. The van der Waals surface area contributed by atoms with E-state index < -0.39 is 0 Å². The Hall–Kier alpha value is -1.12. The van der Waals surface area contributed by atoms with E-state index in [0.29, 0.717) is 13.1 Å². The average molecular weight is 182 g/mol. The predicted octanol–water partition coefficient (Wildman–Crippen LogP) is -1.47. The van der Waals surface area contributed by atoms with Crippen LogP contribution in [0.3, 0.4) is 0 Å². The van der Waals surface area contributed by atoms with Crippen molar-refractivity contribution in [2.45, 2.75) is 6.04 Å². The predicted molar refractivity (Wildman–Crippen MR) is 47.9 cm³/mol. The van der Waals surface area contributed by atoms with E-state index in [1.807, 2.05) is 4.90 Å². The molecule has 0 aromatic carbocycles. The summed E-state index contributed by atoms with van der Waals surface area (Å²) in [7, 11) is 1.60. The maximum Gasteiger partial charge on any atom is 0.233 e. The van der Waals surface area contributed by atoms with Gasteiger partial charge in [-0.2, -0.15) is 5.26 Å². The molecule has 13 heavy (non-hydrogen) atoms. The third-order valence-electron chi connectivity index (χ3n) is 2.13. The Bertz CT molecular complexity index is 223. The standard InChI is InChI=1S/C8H14N4O/c1-10-8(13)6-12-3-2-11-5-7(12)4-9/h7,11H,2-3,5-6H2,1H3,(H,10,13).